The van der Waals surface area contributed by atoms with Crippen LogP contribution in [0.2, 0.25) is 0 Å². The molecule has 1 atom stereocenters. The number of nitrogens with one attached hydrogen (secondary N) is 1. The number of hydrogen-bond donors (Lipinski definition) is 1. The molecule has 1 N–H and O–H groups in total. The van der Waals surface area contributed by atoms with Crippen molar-refractivity contribution in [2.24, 2.45) is 0 Å². The van der Waals surface area contributed by atoms with Crippen molar-refractivity contribution in [3.8, 4) is 0 Å². The van der Waals surface area contributed by atoms with Crippen molar-refractivity contribution in [3.63, 3.8) is 0 Å². The third-order valence-electron chi connectivity index (χ3n) is 4.24. The fraction of sp³-hybridized carbons (Fsp3) is 0.611. The average Bonchev–Trinajstić information content (AvgIpc) is 2.51. The molecule has 1 unspecified atom stereocenters. The van der Waals surface area contributed by atoms with Gasteiger partial charge in [0.1, 0.15) is 0 Å². The Labute approximate surface area is 128 Å². The Morgan fingerprint density at radius 2 is 2.10 bits per heavy atom. The standard InChI is InChI=1S/C18H28N2O/c1-3-12-19-15(2)8-6-7-13-20-14-11-16-9-4-5-10-17(16)18(20)21/h4-5,9-10,15,19H,3,6-8,11-14H2,1-2H3. The summed E-state index contributed by atoms with van der Waals surface area (Å²) >= 11 is 0. The van der Waals surface area contributed by atoms with Crippen molar-refractivity contribution in [1.82, 2.24) is 10.2 Å². The monoisotopic (exact) mass is 288 g/mol. The molecule has 1 aliphatic heterocycles. The number of rotatable bonds is 8. The summed E-state index contributed by atoms with van der Waals surface area (Å²) in [6.07, 6.45) is 5.66. The summed E-state index contributed by atoms with van der Waals surface area (Å²) in [6, 6.07) is 8.60. The molecule has 3 heteroatoms. The molecule has 0 bridgehead atoms. The van der Waals surface area contributed by atoms with Crippen molar-refractivity contribution >= 4 is 5.91 Å². The zero-order valence-electron chi connectivity index (χ0n) is 13.4. The van der Waals surface area contributed by atoms with E-state index in [0.29, 0.717) is 6.04 Å². The van der Waals surface area contributed by atoms with Crippen LogP contribution >= 0.6 is 0 Å². The zero-order chi connectivity index (χ0) is 15.1. The summed E-state index contributed by atoms with van der Waals surface area (Å²) in [6.45, 7) is 7.31. The Balaban J connectivity index is 1.72. The SMILES string of the molecule is CCCNC(C)CCCCN1CCc2ccccc2C1=O. The van der Waals surface area contributed by atoms with Gasteiger partial charge in [-0.25, -0.2) is 0 Å². The van der Waals surface area contributed by atoms with E-state index in [9.17, 15) is 4.79 Å². The molecule has 0 spiro atoms. The van der Waals surface area contributed by atoms with Crippen LogP contribution in [0.5, 0.6) is 0 Å². The zero-order valence-corrected chi connectivity index (χ0v) is 13.4. The molecule has 116 valence electrons. The van der Waals surface area contributed by atoms with E-state index < -0.39 is 0 Å². The molecule has 3 nitrogen and oxygen atoms in total. The number of hydrogen-bond acceptors (Lipinski definition) is 2. The number of fused-ring (bicyclic) bond motifs is 1. The fourth-order valence-corrected chi connectivity index (χ4v) is 2.93. The first kappa shape index (κ1) is 16.0. The minimum atomic E-state index is 0.217. The molecule has 0 aromatic heterocycles. The summed E-state index contributed by atoms with van der Waals surface area (Å²) in [7, 11) is 0. The van der Waals surface area contributed by atoms with Crippen LogP contribution in [0.1, 0.15) is 55.5 Å². The maximum atomic E-state index is 12.4. The van der Waals surface area contributed by atoms with E-state index in [0.717, 1.165) is 38.0 Å². The Morgan fingerprint density at radius 1 is 1.29 bits per heavy atom. The van der Waals surface area contributed by atoms with Gasteiger partial charge in [0.05, 0.1) is 0 Å². The lowest BCUT2D eigenvalue weighted by Gasteiger charge is -2.28. The Kier molecular flexibility index (Phi) is 6.24. The van der Waals surface area contributed by atoms with Crippen molar-refractivity contribution in [2.75, 3.05) is 19.6 Å². The lowest BCUT2D eigenvalue weighted by molar-refractivity contribution is 0.0736. The van der Waals surface area contributed by atoms with E-state index in [1.807, 2.05) is 23.1 Å². The molecule has 0 aliphatic carbocycles. The van der Waals surface area contributed by atoms with E-state index in [1.165, 1.54) is 24.8 Å². The minimum absolute atomic E-state index is 0.217. The third-order valence-corrected chi connectivity index (χ3v) is 4.24. The molecule has 0 saturated carbocycles. The van der Waals surface area contributed by atoms with Gasteiger partial charge >= 0.3 is 0 Å². The van der Waals surface area contributed by atoms with E-state index in [1.54, 1.807) is 0 Å². The molecular formula is C18H28N2O. The molecule has 1 aromatic rings. The molecule has 1 aromatic carbocycles. The normalized spacial score (nSPS) is 15.9. The Morgan fingerprint density at radius 3 is 2.90 bits per heavy atom. The lowest BCUT2D eigenvalue weighted by atomic mass is 9.99. The maximum absolute atomic E-state index is 12.4. The number of benzene rings is 1. The maximum Gasteiger partial charge on any atom is 0.254 e. The minimum Gasteiger partial charge on any atom is -0.338 e. The topological polar surface area (TPSA) is 32.3 Å². The third kappa shape index (κ3) is 4.57. The van der Waals surface area contributed by atoms with Crippen LogP contribution in [0, 0.1) is 0 Å². The molecule has 0 radical (unpaired) electrons. The first-order valence-electron chi connectivity index (χ1n) is 8.33. The quantitative estimate of drug-likeness (QED) is 0.745. The van der Waals surface area contributed by atoms with Crippen LogP contribution in [0.3, 0.4) is 0 Å². The molecular weight excluding hydrogens is 260 g/mol. The van der Waals surface area contributed by atoms with Gasteiger partial charge in [0.15, 0.2) is 0 Å². The highest BCUT2D eigenvalue weighted by Crippen LogP contribution is 2.19. The molecule has 0 saturated heterocycles. The summed E-state index contributed by atoms with van der Waals surface area (Å²) in [5.41, 5.74) is 2.11. The predicted molar refractivity (Wildman–Crippen MR) is 87.7 cm³/mol. The molecule has 21 heavy (non-hydrogen) atoms. The summed E-state index contributed by atoms with van der Waals surface area (Å²) in [4.78, 5) is 14.4. The van der Waals surface area contributed by atoms with Crippen molar-refractivity contribution in [2.45, 2.75) is 52.0 Å². The first-order valence-corrected chi connectivity index (χ1v) is 8.33. The number of carbonyl (C=O) groups is 1. The van der Waals surface area contributed by atoms with Crippen LogP contribution in [-0.4, -0.2) is 36.5 Å². The van der Waals surface area contributed by atoms with Gasteiger partial charge in [-0.2, -0.15) is 0 Å². The van der Waals surface area contributed by atoms with E-state index in [2.05, 4.69) is 25.2 Å². The van der Waals surface area contributed by atoms with Gasteiger partial charge in [0.2, 0.25) is 0 Å². The Bertz CT molecular complexity index is 458. The smallest absolute Gasteiger partial charge is 0.254 e. The second-order valence-corrected chi connectivity index (χ2v) is 6.05. The van der Waals surface area contributed by atoms with E-state index in [4.69, 9.17) is 0 Å². The number of unbranched alkanes of at least 4 members (excludes halogenated alkanes) is 1. The lowest BCUT2D eigenvalue weighted by Crippen LogP contribution is -2.38. The second-order valence-electron chi connectivity index (χ2n) is 6.05. The second kappa shape index (κ2) is 8.18. The molecule has 2 rings (SSSR count). The summed E-state index contributed by atoms with van der Waals surface area (Å²) in [5, 5.41) is 3.51. The van der Waals surface area contributed by atoms with Crippen LogP contribution in [0.25, 0.3) is 0 Å². The largest absolute Gasteiger partial charge is 0.338 e. The van der Waals surface area contributed by atoms with Crippen LogP contribution in [0.4, 0.5) is 0 Å². The summed E-state index contributed by atoms with van der Waals surface area (Å²) in [5.74, 6) is 0.217. The molecule has 1 amide bonds. The molecule has 1 heterocycles. The van der Waals surface area contributed by atoms with Crippen LogP contribution in [-0.2, 0) is 6.42 Å². The van der Waals surface area contributed by atoms with Gasteiger partial charge < -0.3 is 10.2 Å². The van der Waals surface area contributed by atoms with Crippen molar-refractivity contribution in [1.29, 1.82) is 0 Å². The molecule has 0 fully saturated rings. The number of nitrogens with zero attached hydrogens (tertiary/aromatic N) is 1. The van der Waals surface area contributed by atoms with Gasteiger partial charge in [0, 0.05) is 24.7 Å². The predicted octanol–water partition coefficient (Wildman–Crippen LogP) is 3.24. The van der Waals surface area contributed by atoms with Gasteiger partial charge in [-0.1, -0.05) is 31.5 Å². The average molecular weight is 288 g/mol. The van der Waals surface area contributed by atoms with E-state index in [-0.39, 0.29) is 5.91 Å². The summed E-state index contributed by atoms with van der Waals surface area (Å²) < 4.78 is 0. The highest BCUT2D eigenvalue weighted by atomic mass is 16.2. The molecule has 1 aliphatic rings. The first-order chi connectivity index (χ1) is 10.2. The highest BCUT2D eigenvalue weighted by Gasteiger charge is 2.22. The van der Waals surface area contributed by atoms with Crippen LogP contribution < -0.4 is 5.32 Å². The number of carbonyl (C=O) groups excluding carboxylic acids is 1. The van der Waals surface area contributed by atoms with Crippen LogP contribution in [0.15, 0.2) is 24.3 Å². The highest BCUT2D eigenvalue weighted by molar-refractivity contribution is 5.96. The van der Waals surface area contributed by atoms with Crippen molar-refractivity contribution < 1.29 is 4.79 Å². The van der Waals surface area contributed by atoms with Gasteiger partial charge in [0.25, 0.3) is 5.91 Å². The van der Waals surface area contributed by atoms with Gasteiger partial charge in [-0.05, 0) is 50.8 Å². The van der Waals surface area contributed by atoms with Crippen molar-refractivity contribution in [3.05, 3.63) is 35.4 Å². The Hall–Kier alpha value is -1.35. The number of amides is 1. The van der Waals surface area contributed by atoms with E-state index >= 15 is 0 Å². The van der Waals surface area contributed by atoms with Gasteiger partial charge in [-0.15, -0.1) is 0 Å². The fourth-order valence-electron chi connectivity index (χ4n) is 2.93. The van der Waals surface area contributed by atoms with Gasteiger partial charge in [-0.3, -0.25) is 4.79 Å².